The molecule has 0 bridgehead atoms. The number of hydrogen-bond donors (Lipinski definition) is 1. The van der Waals surface area contributed by atoms with Crippen molar-refractivity contribution in [2.45, 2.75) is 13.8 Å². The van der Waals surface area contributed by atoms with Crippen molar-refractivity contribution < 1.29 is 0 Å². The van der Waals surface area contributed by atoms with Gasteiger partial charge < -0.3 is 5.73 Å². The molecule has 0 radical (unpaired) electrons. The Labute approximate surface area is 161 Å². The van der Waals surface area contributed by atoms with Crippen molar-refractivity contribution in [1.82, 2.24) is 0 Å². The highest BCUT2D eigenvalue weighted by Gasteiger charge is 2.10. The van der Waals surface area contributed by atoms with Gasteiger partial charge in [0.15, 0.2) is 0 Å². The van der Waals surface area contributed by atoms with E-state index in [9.17, 15) is 0 Å². The zero-order valence-electron chi connectivity index (χ0n) is 15.7. The molecule has 27 heavy (non-hydrogen) atoms. The lowest BCUT2D eigenvalue weighted by Gasteiger charge is -2.14. The van der Waals surface area contributed by atoms with Gasteiger partial charge in [0.2, 0.25) is 0 Å². The number of nitrogen functional groups attached to an aromatic ring is 1. The van der Waals surface area contributed by atoms with Crippen LogP contribution in [0.5, 0.6) is 0 Å². The van der Waals surface area contributed by atoms with Gasteiger partial charge in [0, 0.05) is 11.3 Å². The zero-order valence-corrected chi connectivity index (χ0v) is 15.7. The number of anilines is 1. The molecule has 0 aliphatic carbocycles. The molecule has 0 atom stereocenters. The Morgan fingerprint density at radius 2 is 1.04 bits per heavy atom. The van der Waals surface area contributed by atoms with Crippen LogP contribution in [0.4, 0.5) is 5.69 Å². The van der Waals surface area contributed by atoms with Crippen molar-refractivity contribution in [2.24, 2.45) is 0 Å². The quantitative estimate of drug-likeness (QED) is 0.401. The minimum atomic E-state index is 0.817. The van der Waals surface area contributed by atoms with Crippen LogP contribution in [0.3, 0.4) is 0 Å². The highest BCUT2D eigenvalue weighted by Crippen LogP contribution is 2.35. The summed E-state index contributed by atoms with van der Waals surface area (Å²) in [6, 6.07) is 31.9. The van der Waals surface area contributed by atoms with Crippen LogP contribution in [0.25, 0.3) is 33.4 Å². The van der Waals surface area contributed by atoms with E-state index in [2.05, 4.69) is 92.7 Å². The van der Waals surface area contributed by atoms with Gasteiger partial charge in [-0.2, -0.15) is 0 Å². The Bertz CT molecular complexity index is 1060. The Kier molecular flexibility index (Phi) is 4.52. The topological polar surface area (TPSA) is 26.0 Å². The molecule has 1 heteroatoms. The van der Waals surface area contributed by atoms with Crippen molar-refractivity contribution in [1.29, 1.82) is 0 Å². The van der Waals surface area contributed by atoms with Crippen molar-refractivity contribution in [2.75, 3.05) is 5.73 Å². The van der Waals surface area contributed by atoms with E-state index in [1.807, 2.05) is 12.1 Å². The first-order chi connectivity index (χ1) is 13.1. The molecule has 0 aromatic heterocycles. The van der Waals surface area contributed by atoms with E-state index in [0.717, 1.165) is 11.3 Å². The summed E-state index contributed by atoms with van der Waals surface area (Å²) in [5.41, 5.74) is 16.8. The maximum Gasteiger partial charge on any atom is 0.0394 e. The van der Waals surface area contributed by atoms with Crippen molar-refractivity contribution >= 4 is 5.69 Å². The Morgan fingerprint density at radius 3 is 1.67 bits per heavy atom. The Hall–Kier alpha value is -3.32. The molecule has 0 saturated heterocycles. The number of hydrogen-bond acceptors (Lipinski definition) is 1. The van der Waals surface area contributed by atoms with Crippen LogP contribution in [-0.4, -0.2) is 0 Å². The largest absolute Gasteiger partial charge is 0.398 e. The van der Waals surface area contributed by atoms with Crippen LogP contribution < -0.4 is 5.73 Å². The lowest BCUT2D eigenvalue weighted by atomic mass is 9.91. The maximum absolute atomic E-state index is 6.34. The van der Waals surface area contributed by atoms with Gasteiger partial charge in [-0.15, -0.1) is 0 Å². The molecular formula is C26H23N. The molecule has 0 amide bonds. The first-order valence-electron chi connectivity index (χ1n) is 9.25. The fraction of sp³-hybridized carbons (Fsp3) is 0.0769. The van der Waals surface area contributed by atoms with Gasteiger partial charge in [-0.3, -0.25) is 0 Å². The summed E-state index contributed by atoms with van der Waals surface area (Å²) >= 11 is 0. The van der Waals surface area contributed by atoms with Crippen molar-refractivity contribution in [3.05, 3.63) is 102 Å². The SMILES string of the molecule is Cc1cccc(C)c1-c1cc(-c2ccc(-c3ccccc3)cc2)ccc1N. The van der Waals surface area contributed by atoms with E-state index in [1.165, 1.54) is 38.9 Å². The number of benzene rings is 4. The van der Waals surface area contributed by atoms with Gasteiger partial charge in [0.1, 0.15) is 0 Å². The molecular weight excluding hydrogens is 326 g/mol. The fourth-order valence-electron chi connectivity index (χ4n) is 3.68. The van der Waals surface area contributed by atoms with E-state index in [0.29, 0.717) is 0 Å². The minimum Gasteiger partial charge on any atom is -0.398 e. The van der Waals surface area contributed by atoms with E-state index in [4.69, 9.17) is 5.73 Å². The molecule has 132 valence electrons. The van der Waals surface area contributed by atoms with E-state index in [1.54, 1.807) is 0 Å². The molecule has 1 nitrogen and oxygen atoms in total. The van der Waals surface area contributed by atoms with Crippen LogP contribution in [0.2, 0.25) is 0 Å². The third kappa shape index (κ3) is 3.37. The highest BCUT2D eigenvalue weighted by molar-refractivity contribution is 5.85. The predicted molar refractivity (Wildman–Crippen MR) is 117 cm³/mol. The minimum absolute atomic E-state index is 0.817. The second-order valence-corrected chi connectivity index (χ2v) is 7.01. The lowest BCUT2D eigenvalue weighted by molar-refractivity contribution is 1.38. The third-order valence-corrected chi connectivity index (χ3v) is 5.13. The van der Waals surface area contributed by atoms with Crippen LogP contribution in [0.1, 0.15) is 11.1 Å². The first-order valence-corrected chi connectivity index (χ1v) is 9.25. The summed E-state index contributed by atoms with van der Waals surface area (Å²) in [5, 5.41) is 0. The van der Waals surface area contributed by atoms with Crippen LogP contribution in [0, 0.1) is 13.8 Å². The van der Waals surface area contributed by atoms with Crippen LogP contribution in [-0.2, 0) is 0 Å². The third-order valence-electron chi connectivity index (χ3n) is 5.13. The number of rotatable bonds is 3. The summed E-state index contributed by atoms with van der Waals surface area (Å²) in [7, 11) is 0. The fourth-order valence-corrected chi connectivity index (χ4v) is 3.68. The predicted octanol–water partition coefficient (Wildman–Crippen LogP) is 6.89. The summed E-state index contributed by atoms with van der Waals surface area (Å²) in [5.74, 6) is 0. The smallest absolute Gasteiger partial charge is 0.0394 e. The molecule has 0 heterocycles. The van der Waals surface area contributed by atoms with Gasteiger partial charge in [-0.1, -0.05) is 78.9 Å². The number of aryl methyl sites for hydroxylation is 2. The molecule has 0 spiro atoms. The molecule has 0 saturated carbocycles. The van der Waals surface area contributed by atoms with Gasteiger partial charge in [-0.25, -0.2) is 0 Å². The summed E-state index contributed by atoms with van der Waals surface area (Å²) in [6.45, 7) is 4.28. The van der Waals surface area contributed by atoms with Gasteiger partial charge >= 0.3 is 0 Å². The highest BCUT2D eigenvalue weighted by atomic mass is 14.6. The van der Waals surface area contributed by atoms with E-state index in [-0.39, 0.29) is 0 Å². The molecule has 0 unspecified atom stereocenters. The standard InChI is InChI=1S/C26H23N/c1-18-7-6-8-19(2)26(18)24-17-23(15-16-25(24)27)22-13-11-21(12-14-22)20-9-4-3-5-10-20/h3-17H,27H2,1-2H3. The summed E-state index contributed by atoms with van der Waals surface area (Å²) in [4.78, 5) is 0. The van der Waals surface area contributed by atoms with Crippen LogP contribution >= 0.6 is 0 Å². The van der Waals surface area contributed by atoms with Crippen LogP contribution in [0.15, 0.2) is 91.0 Å². The monoisotopic (exact) mass is 349 g/mol. The summed E-state index contributed by atoms with van der Waals surface area (Å²) in [6.07, 6.45) is 0. The Morgan fingerprint density at radius 1 is 0.519 bits per heavy atom. The molecule has 2 N–H and O–H groups in total. The van der Waals surface area contributed by atoms with E-state index < -0.39 is 0 Å². The molecule has 4 rings (SSSR count). The second-order valence-electron chi connectivity index (χ2n) is 7.01. The lowest BCUT2D eigenvalue weighted by Crippen LogP contribution is -1.95. The summed E-state index contributed by atoms with van der Waals surface area (Å²) < 4.78 is 0. The Balaban J connectivity index is 1.75. The molecule has 4 aromatic rings. The average molecular weight is 349 g/mol. The molecule has 4 aromatic carbocycles. The maximum atomic E-state index is 6.34. The second kappa shape index (κ2) is 7.13. The normalized spacial score (nSPS) is 10.7. The molecule has 0 aliphatic rings. The van der Waals surface area contributed by atoms with Gasteiger partial charge in [0.05, 0.1) is 0 Å². The van der Waals surface area contributed by atoms with Crippen molar-refractivity contribution in [3.63, 3.8) is 0 Å². The number of nitrogens with two attached hydrogens (primary N) is 1. The first kappa shape index (κ1) is 17.1. The van der Waals surface area contributed by atoms with E-state index >= 15 is 0 Å². The van der Waals surface area contributed by atoms with Gasteiger partial charge in [-0.05, 0) is 64.9 Å². The average Bonchev–Trinajstić information content (AvgIpc) is 2.70. The zero-order chi connectivity index (χ0) is 18.8. The molecule has 0 aliphatic heterocycles. The molecule has 0 fully saturated rings. The van der Waals surface area contributed by atoms with Gasteiger partial charge in [0.25, 0.3) is 0 Å². The van der Waals surface area contributed by atoms with Crippen molar-refractivity contribution in [3.8, 4) is 33.4 Å².